The van der Waals surface area contributed by atoms with Crippen LogP contribution in [-0.4, -0.2) is 29.4 Å². The van der Waals surface area contributed by atoms with Crippen LogP contribution in [0, 0.1) is 3.95 Å². The maximum atomic E-state index is 5.11. The van der Waals surface area contributed by atoms with E-state index in [9.17, 15) is 0 Å². The van der Waals surface area contributed by atoms with E-state index in [1.165, 1.54) is 11.3 Å². The van der Waals surface area contributed by atoms with E-state index in [1.807, 2.05) is 39.7 Å². The van der Waals surface area contributed by atoms with Crippen LogP contribution in [0.25, 0.3) is 16.0 Å². The number of benzene rings is 1. The Morgan fingerprint density at radius 2 is 2.16 bits per heavy atom. The Morgan fingerprint density at radius 1 is 1.26 bits per heavy atom. The Bertz CT molecular complexity index is 927. The summed E-state index contributed by atoms with van der Waals surface area (Å²) in [5.74, 6) is 0.811. The lowest BCUT2D eigenvalue weighted by molar-refractivity contribution is 0.724. The first-order valence-corrected chi connectivity index (χ1v) is 6.87. The van der Waals surface area contributed by atoms with Gasteiger partial charge in [0.25, 0.3) is 0 Å². The molecule has 0 bridgehead atoms. The van der Waals surface area contributed by atoms with E-state index < -0.39 is 0 Å². The van der Waals surface area contributed by atoms with Crippen molar-refractivity contribution in [3.63, 3.8) is 0 Å². The van der Waals surface area contributed by atoms with Crippen LogP contribution in [0.3, 0.4) is 0 Å². The Labute approximate surface area is 116 Å². The summed E-state index contributed by atoms with van der Waals surface area (Å²) < 4.78 is 4.56. The average Bonchev–Trinajstić information content (AvgIpc) is 3.07. The first-order valence-electron chi connectivity index (χ1n) is 5.64. The van der Waals surface area contributed by atoms with Crippen LogP contribution < -0.4 is 0 Å². The van der Waals surface area contributed by atoms with Crippen LogP contribution in [0.15, 0.2) is 30.6 Å². The molecule has 0 saturated carbocycles. The molecule has 0 fully saturated rings. The largest absolute Gasteiger partial charge is 0.323 e. The zero-order valence-corrected chi connectivity index (χ0v) is 11.3. The summed E-state index contributed by atoms with van der Waals surface area (Å²) in [6, 6.07) is 8.00. The van der Waals surface area contributed by atoms with Gasteiger partial charge in [0.1, 0.15) is 0 Å². The third-order valence-electron chi connectivity index (χ3n) is 2.93. The van der Waals surface area contributed by atoms with E-state index in [-0.39, 0.29) is 0 Å². The van der Waals surface area contributed by atoms with Crippen LogP contribution >= 0.6 is 23.6 Å². The number of nitrogens with one attached hydrogen (secondary N) is 1. The molecular formula is C11H8N6S2. The maximum Gasteiger partial charge on any atom is 0.233 e. The minimum absolute atomic E-state index is 0.601. The van der Waals surface area contributed by atoms with Crippen LogP contribution in [0.2, 0.25) is 0 Å². The van der Waals surface area contributed by atoms with Crippen LogP contribution in [0.5, 0.6) is 0 Å². The van der Waals surface area contributed by atoms with Crippen molar-refractivity contribution in [2.24, 2.45) is 0 Å². The molecule has 0 radical (unpaired) electrons. The first-order chi connectivity index (χ1) is 9.31. The van der Waals surface area contributed by atoms with Gasteiger partial charge < -0.3 is 4.57 Å². The molecule has 3 heterocycles. The summed E-state index contributed by atoms with van der Waals surface area (Å²) in [6.45, 7) is 0.601. The SMILES string of the molecule is S=c1[nH]n2c(Cn3cnc4ccccc43)nnc2s1. The highest BCUT2D eigenvalue weighted by Crippen LogP contribution is 2.15. The lowest BCUT2D eigenvalue weighted by Gasteiger charge is -2.01. The van der Waals surface area contributed by atoms with E-state index in [0.717, 1.165) is 21.8 Å². The number of hydrogen-bond donors (Lipinski definition) is 1. The number of aromatic amines is 1. The van der Waals surface area contributed by atoms with Gasteiger partial charge in [-0.25, -0.2) is 9.50 Å². The minimum atomic E-state index is 0.601. The van der Waals surface area contributed by atoms with Gasteiger partial charge in [-0.15, -0.1) is 10.2 Å². The second-order valence-electron chi connectivity index (χ2n) is 4.10. The topological polar surface area (TPSA) is 63.8 Å². The highest BCUT2D eigenvalue weighted by atomic mass is 32.1. The van der Waals surface area contributed by atoms with Gasteiger partial charge in [-0.3, -0.25) is 5.10 Å². The molecule has 1 aromatic carbocycles. The maximum absolute atomic E-state index is 5.11. The first kappa shape index (κ1) is 10.8. The van der Waals surface area contributed by atoms with Gasteiger partial charge in [0.15, 0.2) is 9.78 Å². The summed E-state index contributed by atoms with van der Waals surface area (Å²) in [6.07, 6.45) is 1.81. The normalized spacial score (nSPS) is 11.6. The number of nitrogens with zero attached hydrogens (tertiary/aromatic N) is 5. The molecule has 0 spiro atoms. The second kappa shape index (κ2) is 3.97. The third-order valence-corrected chi connectivity index (χ3v) is 3.99. The van der Waals surface area contributed by atoms with Crippen molar-refractivity contribution in [1.29, 1.82) is 0 Å². The van der Waals surface area contributed by atoms with Crippen molar-refractivity contribution < 1.29 is 0 Å². The molecule has 0 aliphatic heterocycles. The molecule has 4 rings (SSSR count). The predicted octanol–water partition coefficient (Wildman–Crippen LogP) is 2.25. The lowest BCUT2D eigenvalue weighted by atomic mass is 10.3. The Kier molecular flexibility index (Phi) is 2.26. The molecule has 0 atom stereocenters. The molecule has 19 heavy (non-hydrogen) atoms. The van der Waals surface area contributed by atoms with E-state index in [1.54, 1.807) is 0 Å². The van der Waals surface area contributed by atoms with Gasteiger partial charge in [0.05, 0.1) is 23.9 Å². The van der Waals surface area contributed by atoms with Gasteiger partial charge in [-0.2, -0.15) is 0 Å². The minimum Gasteiger partial charge on any atom is -0.323 e. The third kappa shape index (κ3) is 1.68. The summed E-state index contributed by atoms with van der Waals surface area (Å²) in [7, 11) is 0. The number of rotatable bonds is 2. The Balaban J connectivity index is 1.84. The summed E-state index contributed by atoms with van der Waals surface area (Å²) in [5, 5.41) is 11.3. The van der Waals surface area contributed by atoms with Crippen molar-refractivity contribution >= 4 is 39.5 Å². The summed E-state index contributed by atoms with van der Waals surface area (Å²) >= 11 is 6.52. The number of aromatic nitrogens is 6. The molecule has 8 heteroatoms. The van der Waals surface area contributed by atoms with E-state index in [4.69, 9.17) is 12.2 Å². The average molecular weight is 288 g/mol. The molecule has 0 aliphatic rings. The number of fused-ring (bicyclic) bond motifs is 2. The van der Waals surface area contributed by atoms with Gasteiger partial charge in [0, 0.05) is 0 Å². The number of hydrogen-bond acceptors (Lipinski definition) is 5. The summed E-state index contributed by atoms with van der Waals surface area (Å²) in [4.78, 5) is 5.14. The van der Waals surface area contributed by atoms with Crippen LogP contribution in [0.1, 0.15) is 5.82 Å². The van der Waals surface area contributed by atoms with Gasteiger partial charge in [-0.1, -0.05) is 23.5 Å². The smallest absolute Gasteiger partial charge is 0.233 e. The molecule has 94 valence electrons. The zero-order chi connectivity index (χ0) is 12.8. The fourth-order valence-corrected chi connectivity index (χ4v) is 3.01. The van der Waals surface area contributed by atoms with Crippen LogP contribution in [-0.2, 0) is 6.54 Å². The monoisotopic (exact) mass is 288 g/mol. The van der Waals surface area contributed by atoms with Crippen molar-refractivity contribution in [1.82, 2.24) is 29.4 Å². The van der Waals surface area contributed by atoms with Crippen molar-refractivity contribution in [3.05, 3.63) is 40.4 Å². The molecule has 6 nitrogen and oxygen atoms in total. The number of imidazole rings is 1. The van der Waals surface area contributed by atoms with Crippen molar-refractivity contribution in [3.8, 4) is 0 Å². The molecule has 0 saturated heterocycles. The molecule has 0 unspecified atom stereocenters. The standard InChI is InChI=1S/C11H8N6S2/c18-11-15-17-9(13-14-10(17)19-11)5-16-6-12-7-3-1-2-4-8(7)16/h1-4,6H,5H2,(H,15,18). The molecule has 1 N–H and O–H groups in total. The fraction of sp³-hybridized carbons (Fsp3) is 0.0909. The number of para-hydroxylation sites is 2. The van der Waals surface area contributed by atoms with Crippen LogP contribution in [0.4, 0.5) is 0 Å². The van der Waals surface area contributed by atoms with E-state index >= 15 is 0 Å². The molecule has 0 aliphatic carbocycles. The zero-order valence-electron chi connectivity index (χ0n) is 9.65. The summed E-state index contributed by atoms with van der Waals surface area (Å²) in [5.41, 5.74) is 2.05. The quantitative estimate of drug-likeness (QED) is 0.575. The van der Waals surface area contributed by atoms with E-state index in [2.05, 4.69) is 20.3 Å². The molecule has 0 amide bonds. The van der Waals surface area contributed by atoms with Gasteiger partial charge >= 0.3 is 0 Å². The van der Waals surface area contributed by atoms with Crippen molar-refractivity contribution in [2.75, 3.05) is 0 Å². The molecule has 3 aromatic heterocycles. The Morgan fingerprint density at radius 3 is 3.11 bits per heavy atom. The molecule has 4 aromatic rings. The highest BCUT2D eigenvalue weighted by molar-refractivity contribution is 7.73. The lowest BCUT2D eigenvalue weighted by Crippen LogP contribution is -2.03. The predicted molar refractivity (Wildman–Crippen MR) is 74.9 cm³/mol. The fourth-order valence-electron chi connectivity index (χ4n) is 2.07. The number of H-pyrrole nitrogens is 1. The highest BCUT2D eigenvalue weighted by Gasteiger charge is 2.10. The Hall–Kier alpha value is -2.06. The molecular weight excluding hydrogens is 280 g/mol. The van der Waals surface area contributed by atoms with E-state index in [0.29, 0.717) is 10.5 Å². The van der Waals surface area contributed by atoms with Crippen molar-refractivity contribution in [2.45, 2.75) is 6.54 Å². The van der Waals surface area contributed by atoms with Gasteiger partial charge in [-0.05, 0) is 24.4 Å². The van der Waals surface area contributed by atoms with Gasteiger partial charge in [0.2, 0.25) is 4.96 Å². The second-order valence-corrected chi connectivity index (χ2v) is 5.74.